The van der Waals surface area contributed by atoms with E-state index in [1.807, 2.05) is 38.1 Å². The molecule has 0 radical (unpaired) electrons. The fraction of sp³-hybridized carbons (Fsp3) is 0.606. The van der Waals surface area contributed by atoms with E-state index in [0.717, 1.165) is 12.8 Å². The number of benzene rings is 1. The van der Waals surface area contributed by atoms with Crippen LogP contribution in [0.4, 0.5) is 5.69 Å². The van der Waals surface area contributed by atoms with Crippen LogP contribution >= 0.6 is 15.9 Å². The standard InChI is InChI=1S/C33H46BrN3O6/c1-6-12-22(5)35(17-7-2)32(41)29-33-21-25(34)28(43-33)26(27(33)31(40)37(29)19-10-11-20-38)30(39)36(18-8-3)23-13-15-24(16-14-23)42-9-4/h7-8,13-16,22,25-29,38H,2-3,6,9-12,17-21H2,1,4-5H3/t22?,25?,26-,27-,28-,29?,33?/m0/s1. The van der Waals surface area contributed by atoms with Crippen molar-refractivity contribution in [2.24, 2.45) is 11.8 Å². The molecule has 1 N–H and O–H groups in total. The molecule has 0 saturated carbocycles. The first-order chi connectivity index (χ1) is 20.7. The lowest BCUT2D eigenvalue weighted by atomic mass is 9.70. The molecule has 43 heavy (non-hydrogen) atoms. The van der Waals surface area contributed by atoms with Gasteiger partial charge in [0.25, 0.3) is 0 Å². The third-order valence-corrected chi connectivity index (χ3v) is 9.84. The number of aliphatic hydroxyl groups excluding tert-OH is 1. The Morgan fingerprint density at radius 1 is 1.19 bits per heavy atom. The molecule has 1 spiro atoms. The summed E-state index contributed by atoms with van der Waals surface area (Å²) < 4.78 is 12.3. The van der Waals surface area contributed by atoms with Crippen LogP contribution in [0.3, 0.4) is 0 Å². The largest absolute Gasteiger partial charge is 0.494 e. The molecule has 0 aromatic heterocycles. The smallest absolute Gasteiger partial charge is 0.248 e. The molecule has 3 fully saturated rings. The van der Waals surface area contributed by atoms with Crippen molar-refractivity contribution in [2.45, 2.75) is 81.5 Å². The molecule has 9 nitrogen and oxygen atoms in total. The Morgan fingerprint density at radius 3 is 2.49 bits per heavy atom. The molecule has 0 aliphatic carbocycles. The number of nitrogens with zero attached hydrogens (tertiary/aromatic N) is 3. The van der Waals surface area contributed by atoms with Gasteiger partial charge < -0.3 is 29.3 Å². The van der Waals surface area contributed by atoms with E-state index in [9.17, 15) is 19.5 Å². The van der Waals surface area contributed by atoms with Gasteiger partial charge in [-0.05, 0) is 63.8 Å². The SMILES string of the molecule is C=CCN(C(=O)[C@H]1[C@H]2C(=O)N(CCCCO)C(C(=O)N(CC=C)C(C)CCC)C23CC(Br)[C@@H]1O3)c1ccc(OCC)cc1. The van der Waals surface area contributed by atoms with Crippen LogP contribution in [0.15, 0.2) is 49.6 Å². The highest BCUT2D eigenvalue weighted by Crippen LogP contribution is 2.60. The summed E-state index contributed by atoms with van der Waals surface area (Å²) in [5.41, 5.74) is -0.476. The summed E-state index contributed by atoms with van der Waals surface area (Å²) in [6.45, 7) is 15.2. The van der Waals surface area contributed by atoms with Gasteiger partial charge in [0.2, 0.25) is 17.7 Å². The summed E-state index contributed by atoms with van der Waals surface area (Å²) in [7, 11) is 0. The number of hydrogen-bond donors (Lipinski definition) is 1. The van der Waals surface area contributed by atoms with Gasteiger partial charge in [-0.15, -0.1) is 13.2 Å². The highest BCUT2D eigenvalue weighted by atomic mass is 79.9. The zero-order chi connectivity index (χ0) is 31.3. The second kappa shape index (κ2) is 14.4. The monoisotopic (exact) mass is 659 g/mol. The molecule has 3 aliphatic rings. The molecular formula is C33H46BrN3O6. The zero-order valence-corrected chi connectivity index (χ0v) is 27.2. The Morgan fingerprint density at radius 2 is 1.88 bits per heavy atom. The molecule has 3 aliphatic heterocycles. The zero-order valence-electron chi connectivity index (χ0n) is 25.6. The van der Waals surface area contributed by atoms with E-state index in [1.165, 1.54) is 0 Å². The van der Waals surface area contributed by atoms with Crippen LogP contribution in [-0.2, 0) is 19.1 Å². The van der Waals surface area contributed by atoms with Crippen molar-refractivity contribution in [1.82, 2.24) is 9.80 Å². The number of anilines is 1. The quantitative estimate of drug-likeness (QED) is 0.161. The Labute approximate surface area is 264 Å². The van der Waals surface area contributed by atoms with E-state index < -0.39 is 29.6 Å². The predicted molar refractivity (Wildman–Crippen MR) is 170 cm³/mol. The summed E-state index contributed by atoms with van der Waals surface area (Å²) in [6, 6.07) is 6.36. The lowest BCUT2D eigenvalue weighted by Gasteiger charge is -2.39. The van der Waals surface area contributed by atoms with Crippen molar-refractivity contribution < 1.29 is 29.0 Å². The molecule has 10 heteroatoms. The predicted octanol–water partition coefficient (Wildman–Crippen LogP) is 4.33. The number of halogens is 1. The first-order valence-corrected chi connectivity index (χ1v) is 16.4. The summed E-state index contributed by atoms with van der Waals surface area (Å²) >= 11 is 3.77. The number of ether oxygens (including phenoxy) is 2. The molecule has 3 heterocycles. The number of aliphatic hydroxyl groups is 1. The minimum absolute atomic E-state index is 0.00685. The second-order valence-corrected chi connectivity index (χ2v) is 12.9. The molecule has 4 rings (SSSR count). The molecule has 4 unspecified atom stereocenters. The van der Waals surface area contributed by atoms with Crippen LogP contribution in [0.1, 0.15) is 52.9 Å². The normalized spacial score (nSPS) is 28.0. The number of likely N-dealkylation sites (tertiary alicyclic amines) is 1. The number of hydrogen-bond acceptors (Lipinski definition) is 6. The number of carbonyl (C=O) groups is 3. The van der Waals surface area contributed by atoms with Crippen molar-refractivity contribution in [3.63, 3.8) is 0 Å². The van der Waals surface area contributed by atoms with Gasteiger partial charge in [0.15, 0.2) is 0 Å². The van der Waals surface area contributed by atoms with E-state index >= 15 is 0 Å². The highest BCUT2D eigenvalue weighted by molar-refractivity contribution is 9.09. The Kier molecular flexibility index (Phi) is 11.1. The number of carbonyl (C=O) groups excluding carboxylic acids is 3. The lowest BCUT2D eigenvalue weighted by molar-refractivity contribution is -0.149. The fourth-order valence-electron chi connectivity index (χ4n) is 7.20. The van der Waals surface area contributed by atoms with Crippen LogP contribution in [0.5, 0.6) is 5.75 Å². The van der Waals surface area contributed by atoms with Gasteiger partial charge in [-0.2, -0.15) is 0 Å². The summed E-state index contributed by atoms with van der Waals surface area (Å²) in [4.78, 5) is 48.2. The lowest BCUT2D eigenvalue weighted by Crippen LogP contribution is -2.58. The number of rotatable bonds is 16. The van der Waals surface area contributed by atoms with Gasteiger partial charge in [-0.1, -0.05) is 41.4 Å². The van der Waals surface area contributed by atoms with E-state index in [4.69, 9.17) is 9.47 Å². The van der Waals surface area contributed by atoms with Gasteiger partial charge in [-0.25, -0.2) is 0 Å². The topological polar surface area (TPSA) is 99.6 Å². The minimum atomic E-state index is -1.14. The molecule has 236 valence electrons. The Hall–Kier alpha value is -2.69. The van der Waals surface area contributed by atoms with Crippen molar-refractivity contribution in [2.75, 3.05) is 37.7 Å². The van der Waals surface area contributed by atoms with Crippen molar-refractivity contribution in [3.05, 3.63) is 49.6 Å². The third-order valence-electron chi connectivity index (χ3n) is 9.00. The number of alkyl halides is 1. The fourth-order valence-corrected chi connectivity index (χ4v) is 8.15. The average Bonchev–Trinajstić information content (AvgIpc) is 3.58. The summed E-state index contributed by atoms with van der Waals surface area (Å²) in [6.07, 6.45) is 6.01. The molecule has 1 aromatic carbocycles. The van der Waals surface area contributed by atoms with E-state index in [2.05, 4.69) is 36.0 Å². The van der Waals surface area contributed by atoms with E-state index in [0.29, 0.717) is 50.4 Å². The Balaban J connectivity index is 1.75. The maximum absolute atomic E-state index is 14.5. The first-order valence-electron chi connectivity index (χ1n) is 15.5. The maximum Gasteiger partial charge on any atom is 0.248 e. The molecule has 2 bridgehead atoms. The molecular weight excluding hydrogens is 614 g/mol. The van der Waals surface area contributed by atoms with E-state index in [-0.39, 0.29) is 41.7 Å². The first kappa shape index (κ1) is 33.2. The van der Waals surface area contributed by atoms with Gasteiger partial charge in [0.05, 0.1) is 24.5 Å². The van der Waals surface area contributed by atoms with E-state index in [1.54, 1.807) is 26.9 Å². The average molecular weight is 661 g/mol. The van der Waals surface area contributed by atoms with Gasteiger partial charge >= 0.3 is 0 Å². The van der Waals surface area contributed by atoms with Crippen LogP contribution in [-0.4, -0.2) is 94.1 Å². The van der Waals surface area contributed by atoms with Crippen LogP contribution in [0, 0.1) is 11.8 Å². The Bertz CT molecular complexity index is 1180. The van der Waals surface area contributed by atoms with Gasteiger partial charge in [0.1, 0.15) is 17.4 Å². The van der Waals surface area contributed by atoms with Gasteiger partial charge in [0, 0.05) is 42.8 Å². The minimum Gasteiger partial charge on any atom is -0.494 e. The molecule has 1 aromatic rings. The van der Waals surface area contributed by atoms with Crippen molar-refractivity contribution >= 4 is 39.3 Å². The second-order valence-electron chi connectivity index (χ2n) is 11.7. The van der Waals surface area contributed by atoms with Crippen LogP contribution in [0.25, 0.3) is 0 Å². The van der Waals surface area contributed by atoms with Crippen molar-refractivity contribution in [3.8, 4) is 5.75 Å². The van der Waals surface area contributed by atoms with Gasteiger partial charge in [-0.3, -0.25) is 14.4 Å². The summed E-state index contributed by atoms with van der Waals surface area (Å²) in [5.74, 6) is -1.52. The number of unbranched alkanes of at least 4 members (excludes halogenated alkanes) is 1. The molecule has 3 saturated heterocycles. The third kappa shape index (κ3) is 6.15. The maximum atomic E-state index is 14.5. The van der Waals surface area contributed by atoms with Crippen molar-refractivity contribution in [1.29, 1.82) is 0 Å². The van der Waals surface area contributed by atoms with Crippen LogP contribution < -0.4 is 9.64 Å². The molecule has 7 atom stereocenters. The molecule has 3 amide bonds. The number of fused-ring (bicyclic) bond motifs is 1. The highest BCUT2D eigenvalue weighted by Gasteiger charge is 2.77. The summed E-state index contributed by atoms with van der Waals surface area (Å²) in [5, 5.41) is 9.47. The van der Waals surface area contributed by atoms with Crippen LogP contribution in [0.2, 0.25) is 0 Å². The number of amides is 3.